The summed E-state index contributed by atoms with van der Waals surface area (Å²) in [6, 6.07) is 6.81. The Morgan fingerprint density at radius 1 is 0.923 bits per heavy atom. The monoisotopic (exact) mass is 382 g/mol. The van der Waals surface area contributed by atoms with Gasteiger partial charge in [-0.2, -0.15) is 0 Å². The molecule has 0 spiro atoms. The molecule has 4 nitrogen and oxygen atoms in total. The van der Waals surface area contributed by atoms with Gasteiger partial charge in [0.15, 0.2) is 0 Å². The Morgan fingerprint density at radius 3 is 2.04 bits per heavy atom. The molecule has 1 unspecified atom stereocenters. The van der Waals surface area contributed by atoms with Gasteiger partial charge in [-0.3, -0.25) is 4.57 Å². The maximum absolute atomic E-state index is 12.4. The van der Waals surface area contributed by atoms with Gasteiger partial charge in [-0.25, -0.2) is 4.79 Å². The molecule has 1 atom stereocenters. The van der Waals surface area contributed by atoms with Gasteiger partial charge < -0.3 is 9.26 Å². The number of carbonyl (C=O) groups is 1. The molecular weight excluding hydrogens is 347 g/mol. The lowest BCUT2D eigenvalue weighted by Gasteiger charge is -2.14. The van der Waals surface area contributed by atoms with Gasteiger partial charge in [-0.05, 0) is 18.6 Å². The molecule has 0 saturated heterocycles. The molecule has 0 amide bonds. The van der Waals surface area contributed by atoms with E-state index < -0.39 is 13.3 Å². The molecule has 0 N–H and O–H groups in total. The Kier molecular flexibility index (Phi) is 11.6. The molecule has 0 aliphatic rings. The van der Waals surface area contributed by atoms with Crippen LogP contribution in [-0.2, 0) is 13.8 Å². The van der Waals surface area contributed by atoms with Crippen molar-refractivity contribution < 1.29 is 18.6 Å². The maximum Gasteiger partial charge on any atom is 0.338 e. The molecule has 148 valence electrons. The Bertz CT molecular complexity index is 571. The number of hydrogen-bond donors (Lipinski definition) is 0. The van der Waals surface area contributed by atoms with E-state index in [1.54, 1.807) is 24.3 Å². The summed E-state index contributed by atoms with van der Waals surface area (Å²) in [5.74, 6) is -0.421. The summed E-state index contributed by atoms with van der Waals surface area (Å²) in [7, 11) is -1.59. The third kappa shape index (κ3) is 8.51. The van der Waals surface area contributed by atoms with Gasteiger partial charge in [-0.1, -0.05) is 76.8 Å². The third-order valence-corrected chi connectivity index (χ3v) is 6.60. The standard InChI is InChI=1S/C21H35O4P/c1-4-5-6-7-8-9-10-11-12-15-18-25-21(22)19-16-13-14-17-20(19)26(3,23)24-2/h13-14,16-17H,4-12,15,18H2,1-3H3. The van der Waals surface area contributed by atoms with E-state index in [2.05, 4.69) is 6.92 Å². The second-order valence-electron chi connectivity index (χ2n) is 6.86. The van der Waals surface area contributed by atoms with Crippen molar-refractivity contribution in [1.82, 2.24) is 0 Å². The van der Waals surface area contributed by atoms with Crippen LogP contribution in [0.5, 0.6) is 0 Å². The zero-order chi connectivity index (χ0) is 19.3. The van der Waals surface area contributed by atoms with Crippen molar-refractivity contribution in [3.63, 3.8) is 0 Å². The number of hydrogen-bond acceptors (Lipinski definition) is 4. The Hall–Kier alpha value is -1.12. The van der Waals surface area contributed by atoms with Gasteiger partial charge in [0, 0.05) is 13.8 Å². The lowest BCUT2D eigenvalue weighted by molar-refractivity contribution is 0.0499. The average Bonchev–Trinajstić information content (AvgIpc) is 2.66. The minimum atomic E-state index is -2.99. The SMILES string of the molecule is CCCCCCCCCCCCOC(=O)c1ccccc1P(C)(=O)OC. The largest absolute Gasteiger partial charge is 0.462 e. The number of carbonyl (C=O) groups excluding carboxylic acids is 1. The maximum atomic E-state index is 12.4. The number of unbranched alkanes of at least 4 members (excludes halogenated alkanes) is 9. The predicted octanol–water partition coefficient (Wildman–Crippen LogP) is 5.94. The van der Waals surface area contributed by atoms with Crippen molar-refractivity contribution in [1.29, 1.82) is 0 Å². The highest BCUT2D eigenvalue weighted by atomic mass is 31.2. The zero-order valence-electron chi connectivity index (χ0n) is 16.7. The highest BCUT2D eigenvalue weighted by Gasteiger charge is 2.24. The molecule has 26 heavy (non-hydrogen) atoms. The Morgan fingerprint density at radius 2 is 1.46 bits per heavy atom. The van der Waals surface area contributed by atoms with E-state index >= 15 is 0 Å². The van der Waals surface area contributed by atoms with Crippen LogP contribution in [0.25, 0.3) is 0 Å². The summed E-state index contributed by atoms with van der Waals surface area (Å²) in [4.78, 5) is 12.3. The summed E-state index contributed by atoms with van der Waals surface area (Å²) in [6.07, 6.45) is 12.4. The lowest BCUT2D eigenvalue weighted by Crippen LogP contribution is -2.18. The first-order valence-electron chi connectivity index (χ1n) is 9.93. The summed E-state index contributed by atoms with van der Waals surface area (Å²) >= 11 is 0. The molecule has 0 saturated carbocycles. The second-order valence-corrected chi connectivity index (χ2v) is 9.40. The van der Waals surface area contributed by atoms with Crippen LogP contribution >= 0.6 is 7.37 Å². The number of benzene rings is 1. The molecular formula is C21H35O4P. The summed E-state index contributed by atoms with van der Waals surface area (Å²) in [5, 5.41) is 0.426. The van der Waals surface area contributed by atoms with Crippen molar-refractivity contribution >= 4 is 18.6 Å². The quantitative estimate of drug-likeness (QED) is 0.227. The van der Waals surface area contributed by atoms with Crippen molar-refractivity contribution in [3.05, 3.63) is 29.8 Å². The first-order valence-corrected chi connectivity index (χ1v) is 12.0. The molecule has 1 aromatic carbocycles. The van der Waals surface area contributed by atoms with Gasteiger partial charge in [-0.15, -0.1) is 0 Å². The van der Waals surface area contributed by atoms with Crippen LogP contribution < -0.4 is 5.30 Å². The average molecular weight is 382 g/mol. The topological polar surface area (TPSA) is 52.6 Å². The van der Waals surface area contributed by atoms with E-state index in [1.807, 2.05) is 0 Å². The normalized spacial score (nSPS) is 13.3. The van der Waals surface area contributed by atoms with Crippen molar-refractivity contribution in [3.8, 4) is 0 Å². The molecule has 0 heterocycles. The van der Waals surface area contributed by atoms with E-state index in [1.165, 1.54) is 65.1 Å². The Balaban J connectivity index is 2.23. The van der Waals surface area contributed by atoms with E-state index in [0.717, 1.165) is 12.8 Å². The smallest absolute Gasteiger partial charge is 0.338 e. The lowest BCUT2D eigenvalue weighted by atomic mass is 10.1. The van der Waals surface area contributed by atoms with Crippen molar-refractivity contribution in [2.45, 2.75) is 71.1 Å². The Labute approximate surface area is 159 Å². The second kappa shape index (κ2) is 13.1. The van der Waals surface area contributed by atoms with Gasteiger partial charge in [0.1, 0.15) is 0 Å². The molecule has 0 aliphatic carbocycles. The summed E-state index contributed by atoms with van der Waals surface area (Å²) < 4.78 is 22.9. The number of rotatable bonds is 14. The van der Waals surface area contributed by atoms with Gasteiger partial charge >= 0.3 is 5.97 Å². The highest BCUT2D eigenvalue weighted by molar-refractivity contribution is 7.66. The van der Waals surface area contributed by atoms with Gasteiger partial charge in [0.2, 0.25) is 7.37 Å². The molecule has 1 aromatic rings. The fourth-order valence-corrected chi connectivity index (χ4v) is 4.09. The molecule has 0 radical (unpaired) electrons. The molecule has 5 heteroatoms. The third-order valence-electron chi connectivity index (χ3n) is 4.64. The van der Waals surface area contributed by atoms with Crippen molar-refractivity contribution in [2.24, 2.45) is 0 Å². The van der Waals surface area contributed by atoms with Crippen molar-refractivity contribution in [2.75, 3.05) is 20.4 Å². The summed E-state index contributed by atoms with van der Waals surface area (Å²) in [5.41, 5.74) is 0.340. The van der Waals surface area contributed by atoms with Crippen LogP contribution in [0.4, 0.5) is 0 Å². The van der Waals surface area contributed by atoms with Crippen LogP contribution in [0.3, 0.4) is 0 Å². The van der Waals surface area contributed by atoms with Crippen LogP contribution in [-0.4, -0.2) is 26.4 Å². The van der Waals surface area contributed by atoms with Crippen LogP contribution in [0, 0.1) is 0 Å². The highest BCUT2D eigenvalue weighted by Crippen LogP contribution is 2.41. The zero-order valence-corrected chi connectivity index (χ0v) is 17.6. The van der Waals surface area contributed by atoms with E-state index in [-0.39, 0.29) is 0 Å². The molecule has 0 aliphatic heterocycles. The minimum absolute atomic E-state index is 0.340. The number of esters is 1. The predicted molar refractivity (Wildman–Crippen MR) is 109 cm³/mol. The first kappa shape index (κ1) is 22.9. The van der Waals surface area contributed by atoms with Crippen LogP contribution in [0.15, 0.2) is 24.3 Å². The fourth-order valence-electron chi connectivity index (χ4n) is 2.93. The van der Waals surface area contributed by atoms with Gasteiger partial charge in [0.05, 0.1) is 17.5 Å². The molecule has 0 bridgehead atoms. The first-order chi connectivity index (χ1) is 12.5. The van der Waals surface area contributed by atoms with E-state index in [9.17, 15) is 9.36 Å². The molecule has 0 fully saturated rings. The summed E-state index contributed by atoms with van der Waals surface area (Å²) in [6.45, 7) is 4.16. The van der Waals surface area contributed by atoms with Crippen LogP contribution in [0.2, 0.25) is 0 Å². The van der Waals surface area contributed by atoms with Gasteiger partial charge in [0.25, 0.3) is 0 Å². The van der Waals surface area contributed by atoms with E-state index in [4.69, 9.17) is 9.26 Å². The molecule has 1 rings (SSSR count). The van der Waals surface area contributed by atoms with Crippen LogP contribution in [0.1, 0.15) is 81.5 Å². The number of ether oxygens (including phenoxy) is 1. The van der Waals surface area contributed by atoms with E-state index in [0.29, 0.717) is 17.5 Å². The fraction of sp³-hybridized carbons (Fsp3) is 0.667. The molecule has 0 aromatic heterocycles. The minimum Gasteiger partial charge on any atom is -0.462 e.